The number of hydrogen-bond acceptors (Lipinski definition) is 2. The molecule has 0 radical (unpaired) electrons. The average Bonchev–Trinajstić information content (AvgIpc) is 2.86. The third-order valence-corrected chi connectivity index (χ3v) is 3.97. The van der Waals surface area contributed by atoms with E-state index in [0.717, 1.165) is 26.6 Å². The van der Waals surface area contributed by atoms with Gasteiger partial charge in [0.2, 0.25) is 0 Å². The average molecular weight is 334 g/mol. The van der Waals surface area contributed by atoms with Crippen LogP contribution in [-0.4, -0.2) is 0 Å². The predicted molar refractivity (Wildman–Crippen MR) is 80.9 cm³/mol. The fourth-order valence-corrected chi connectivity index (χ4v) is 2.57. The zero-order chi connectivity index (χ0) is 13.9. The molecule has 0 aliphatic heterocycles. The van der Waals surface area contributed by atoms with Gasteiger partial charge in [-0.1, -0.05) is 34.1 Å². The Labute approximate surface area is 124 Å². The summed E-state index contributed by atoms with van der Waals surface area (Å²) >= 11 is 3.42. The lowest BCUT2D eigenvalue weighted by molar-refractivity contribution is 0.599. The lowest BCUT2D eigenvalue weighted by Gasteiger charge is -2.06. The minimum Gasteiger partial charge on any atom is -0.464 e. The summed E-state index contributed by atoms with van der Waals surface area (Å²) in [5, 5.41) is 4.42. The first-order valence-electron chi connectivity index (χ1n) is 6.34. The summed E-state index contributed by atoms with van der Waals surface area (Å²) in [5.74, 6) is -0.223. The quantitative estimate of drug-likeness (QED) is 0.753. The Morgan fingerprint density at radius 1 is 1.05 bits per heavy atom. The lowest BCUT2D eigenvalue weighted by Crippen LogP contribution is -2.12. The van der Waals surface area contributed by atoms with Crippen molar-refractivity contribution in [1.82, 2.24) is 5.32 Å². The molecule has 0 atom stereocenters. The Morgan fingerprint density at radius 3 is 2.75 bits per heavy atom. The minimum atomic E-state index is -0.223. The zero-order valence-electron chi connectivity index (χ0n) is 10.7. The van der Waals surface area contributed by atoms with Crippen LogP contribution in [0.25, 0.3) is 11.0 Å². The Bertz CT molecular complexity index is 738. The van der Waals surface area contributed by atoms with Crippen molar-refractivity contribution in [2.45, 2.75) is 13.1 Å². The second-order valence-electron chi connectivity index (χ2n) is 4.60. The van der Waals surface area contributed by atoms with Gasteiger partial charge in [-0.15, -0.1) is 0 Å². The van der Waals surface area contributed by atoms with E-state index in [4.69, 9.17) is 4.42 Å². The summed E-state index contributed by atoms with van der Waals surface area (Å²) in [6.07, 6.45) is 1.76. The molecule has 0 saturated carbocycles. The van der Waals surface area contributed by atoms with Crippen molar-refractivity contribution in [3.63, 3.8) is 0 Å². The number of nitrogens with one attached hydrogen (secondary N) is 1. The van der Waals surface area contributed by atoms with Crippen LogP contribution < -0.4 is 5.32 Å². The first-order valence-corrected chi connectivity index (χ1v) is 7.13. The molecule has 3 aromatic rings. The number of hydrogen-bond donors (Lipinski definition) is 1. The summed E-state index contributed by atoms with van der Waals surface area (Å²) in [4.78, 5) is 0. The molecule has 0 saturated heterocycles. The van der Waals surface area contributed by atoms with E-state index in [1.54, 1.807) is 12.3 Å². The van der Waals surface area contributed by atoms with Gasteiger partial charge in [0.05, 0.1) is 6.26 Å². The fourth-order valence-electron chi connectivity index (χ4n) is 2.18. The molecule has 0 aliphatic rings. The second kappa shape index (κ2) is 5.77. The molecular weight excluding hydrogens is 321 g/mol. The highest BCUT2D eigenvalue weighted by atomic mass is 79.9. The highest BCUT2D eigenvalue weighted by molar-refractivity contribution is 9.10. The van der Waals surface area contributed by atoms with Crippen LogP contribution in [-0.2, 0) is 13.1 Å². The summed E-state index contributed by atoms with van der Waals surface area (Å²) in [6, 6.07) is 12.6. The first-order chi connectivity index (χ1) is 9.74. The van der Waals surface area contributed by atoms with Crippen LogP contribution in [0.1, 0.15) is 11.1 Å². The summed E-state index contributed by atoms with van der Waals surface area (Å²) in [7, 11) is 0. The number of para-hydroxylation sites is 1. The summed E-state index contributed by atoms with van der Waals surface area (Å²) in [6.45, 7) is 1.28. The van der Waals surface area contributed by atoms with E-state index in [1.807, 2.05) is 24.3 Å². The van der Waals surface area contributed by atoms with Crippen LogP contribution in [0.15, 0.2) is 57.6 Å². The van der Waals surface area contributed by atoms with Gasteiger partial charge in [-0.2, -0.15) is 0 Å². The van der Waals surface area contributed by atoms with Gasteiger partial charge in [-0.3, -0.25) is 0 Å². The number of furan rings is 1. The molecule has 0 spiro atoms. The molecule has 1 aromatic heterocycles. The standard InChI is InChI=1S/C16H13BrFNO/c17-15-6-5-13(18)7-11(15)8-19-9-12-10-20-16-4-2-1-3-14(12)16/h1-7,10,19H,8-9H2. The van der Waals surface area contributed by atoms with Crippen molar-refractivity contribution in [3.05, 3.63) is 70.1 Å². The van der Waals surface area contributed by atoms with E-state index in [-0.39, 0.29) is 5.82 Å². The molecule has 1 N–H and O–H groups in total. The third kappa shape index (κ3) is 2.76. The van der Waals surface area contributed by atoms with Gasteiger partial charge < -0.3 is 9.73 Å². The predicted octanol–water partition coefficient (Wildman–Crippen LogP) is 4.62. The number of rotatable bonds is 4. The van der Waals surface area contributed by atoms with Crippen LogP contribution in [0.3, 0.4) is 0 Å². The lowest BCUT2D eigenvalue weighted by atomic mass is 10.1. The maximum atomic E-state index is 13.2. The summed E-state index contributed by atoms with van der Waals surface area (Å²) in [5.41, 5.74) is 2.89. The van der Waals surface area contributed by atoms with Gasteiger partial charge in [0.15, 0.2) is 0 Å². The van der Waals surface area contributed by atoms with Gasteiger partial charge in [-0.25, -0.2) is 4.39 Å². The van der Waals surface area contributed by atoms with Crippen LogP contribution in [0.5, 0.6) is 0 Å². The largest absolute Gasteiger partial charge is 0.464 e. The van der Waals surface area contributed by atoms with Crippen molar-refractivity contribution in [2.75, 3.05) is 0 Å². The molecule has 0 fully saturated rings. The Balaban J connectivity index is 1.69. The number of halogens is 2. The van der Waals surface area contributed by atoms with Crippen LogP contribution in [0.4, 0.5) is 4.39 Å². The van der Waals surface area contributed by atoms with Crippen LogP contribution in [0, 0.1) is 5.82 Å². The Kier molecular flexibility index (Phi) is 3.85. The smallest absolute Gasteiger partial charge is 0.134 e. The van der Waals surface area contributed by atoms with Crippen molar-refractivity contribution >= 4 is 26.9 Å². The monoisotopic (exact) mass is 333 g/mol. The molecule has 0 unspecified atom stereocenters. The second-order valence-corrected chi connectivity index (χ2v) is 5.45. The molecule has 0 bridgehead atoms. The summed E-state index contributed by atoms with van der Waals surface area (Å²) < 4.78 is 19.6. The number of fused-ring (bicyclic) bond motifs is 1. The number of benzene rings is 2. The van der Waals surface area contributed by atoms with Gasteiger partial charge in [0, 0.05) is 28.5 Å². The van der Waals surface area contributed by atoms with E-state index in [1.165, 1.54) is 12.1 Å². The minimum absolute atomic E-state index is 0.223. The van der Waals surface area contributed by atoms with E-state index in [0.29, 0.717) is 13.1 Å². The van der Waals surface area contributed by atoms with Gasteiger partial charge >= 0.3 is 0 Å². The molecule has 2 aromatic carbocycles. The van der Waals surface area contributed by atoms with Crippen molar-refractivity contribution in [1.29, 1.82) is 0 Å². The molecule has 20 heavy (non-hydrogen) atoms. The molecule has 0 aliphatic carbocycles. The third-order valence-electron chi connectivity index (χ3n) is 3.20. The topological polar surface area (TPSA) is 25.2 Å². The molecule has 0 amide bonds. The van der Waals surface area contributed by atoms with Crippen molar-refractivity contribution in [2.24, 2.45) is 0 Å². The highest BCUT2D eigenvalue weighted by Crippen LogP contribution is 2.21. The molecule has 102 valence electrons. The molecule has 1 heterocycles. The van der Waals surface area contributed by atoms with Crippen LogP contribution in [0.2, 0.25) is 0 Å². The zero-order valence-corrected chi connectivity index (χ0v) is 12.3. The molecular formula is C16H13BrFNO. The van der Waals surface area contributed by atoms with E-state index in [9.17, 15) is 4.39 Å². The van der Waals surface area contributed by atoms with E-state index < -0.39 is 0 Å². The molecule has 3 rings (SSSR count). The van der Waals surface area contributed by atoms with Gasteiger partial charge in [0.1, 0.15) is 11.4 Å². The maximum Gasteiger partial charge on any atom is 0.134 e. The molecule has 2 nitrogen and oxygen atoms in total. The highest BCUT2D eigenvalue weighted by Gasteiger charge is 2.05. The molecule has 4 heteroatoms. The van der Waals surface area contributed by atoms with Gasteiger partial charge in [0.25, 0.3) is 0 Å². The normalized spacial score (nSPS) is 11.1. The maximum absolute atomic E-state index is 13.2. The van der Waals surface area contributed by atoms with Crippen molar-refractivity contribution < 1.29 is 8.81 Å². The Morgan fingerprint density at radius 2 is 1.85 bits per heavy atom. The SMILES string of the molecule is Fc1ccc(Br)c(CNCc2coc3ccccc23)c1. The first kappa shape index (κ1) is 13.3. The van der Waals surface area contributed by atoms with Crippen molar-refractivity contribution in [3.8, 4) is 0 Å². The van der Waals surface area contributed by atoms with E-state index in [2.05, 4.69) is 21.2 Å². The van der Waals surface area contributed by atoms with Gasteiger partial charge in [-0.05, 0) is 29.8 Å². The fraction of sp³-hybridized carbons (Fsp3) is 0.125. The van der Waals surface area contributed by atoms with E-state index >= 15 is 0 Å². The van der Waals surface area contributed by atoms with Crippen LogP contribution >= 0.6 is 15.9 Å². The Hall–Kier alpha value is -1.65.